The Hall–Kier alpha value is -2.34. The van der Waals surface area contributed by atoms with Crippen molar-refractivity contribution in [2.75, 3.05) is 0 Å². The van der Waals surface area contributed by atoms with Crippen molar-refractivity contribution in [1.82, 2.24) is 9.71 Å². The van der Waals surface area contributed by atoms with Crippen molar-refractivity contribution in [2.45, 2.75) is 6.92 Å². The number of rotatable bonds is 1. The van der Waals surface area contributed by atoms with Gasteiger partial charge in [0.05, 0.1) is 0 Å². The van der Waals surface area contributed by atoms with Gasteiger partial charge < -0.3 is 9.57 Å². The number of carbonyl (C=O) groups is 2. The van der Waals surface area contributed by atoms with E-state index in [1.807, 2.05) is 0 Å². The molecule has 1 aromatic carbocycles. The predicted molar refractivity (Wildman–Crippen MR) is 64.6 cm³/mol. The number of fused-ring (bicyclic) bond motifs is 2. The van der Waals surface area contributed by atoms with Crippen LogP contribution in [0.2, 0.25) is 5.02 Å². The SMILES string of the molecule is Cc1c2nc(-c3cccc(Cl)c3)n1OC(=O)C(=O)O2. The van der Waals surface area contributed by atoms with Crippen molar-refractivity contribution in [2.24, 2.45) is 0 Å². The van der Waals surface area contributed by atoms with E-state index in [1.165, 1.54) is 0 Å². The summed E-state index contributed by atoms with van der Waals surface area (Å²) >= 11 is 5.91. The largest absolute Gasteiger partial charge is 0.442 e. The molecule has 0 saturated heterocycles. The van der Waals surface area contributed by atoms with E-state index < -0.39 is 11.9 Å². The molecular weight excluding hydrogens is 272 g/mol. The zero-order chi connectivity index (χ0) is 13.6. The third kappa shape index (κ3) is 1.86. The summed E-state index contributed by atoms with van der Waals surface area (Å²) in [5.41, 5.74) is 1.07. The van der Waals surface area contributed by atoms with Gasteiger partial charge >= 0.3 is 11.9 Å². The summed E-state index contributed by atoms with van der Waals surface area (Å²) in [6.45, 7) is 1.63. The van der Waals surface area contributed by atoms with E-state index in [0.717, 1.165) is 4.73 Å². The fraction of sp³-hybridized carbons (Fsp3) is 0.0833. The highest BCUT2D eigenvalue weighted by Crippen LogP contribution is 2.28. The minimum Gasteiger partial charge on any atom is -0.397 e. The summed E-state index contributed by atoms with van der Waals surface area (Å²) in [7, 11) is 0. The van der Waals surface area contributed by atoms with Gasteiger partial charge in [-0.2, -0.15) is 9.71 Å². The van der Waals surface area contributed by atoms with Crippen molar-refractivity contribution in [3.63, 3.8) is 0 Å². The molecule has 2 aromatic rings. The Morgan fingerprint density at radius 3 is 2.79 bits per heavy atom. The number of aromatic nitrogens is 2. The fourth-order valence-corrected chi connectivity index (χ4v) is 1.93. The Labute approximate surface area is 112 Å². The molecule has 19 heavy (non-hydrogen) atoms. The van der Waals surface area contributed by atoms with Crippen LogP contribution in [0.4, 0.5) is 0 Å². The van der Waals surface area contributed by atoms with E-state index in [9.17, 15) is 9.59 Å². The number of benzene rings is 1. The highest BCUT2D eigenvalue weighted by molar-refractivity contribution is 6.31. The molecule has 0 spiro atoms. The maximum atomic E-state index is 11.3. The molecule has 0 N–H and O–H groups in total. The predicted octanol–water partition coefficient (Wildman–Crippen LogP) is 1.39. The van der Waals surface area contributed by atoms with Gasteiger partial charge in [-0.05, 0) is 19.1 Å². The molecule has 0 amide bonds. The van der Waals surface area contributed by atoms with Crippen LogP contribution in [0.5, 0.6) is 5.88 Å². The summed E-state index contributed by atoms with van der Waals surface area (Å²) in [5, 5.41) is 0.520. The number of carbonyl (C=O) groups excluding carboxylic acids is 2. The lowest BCUT2D eigenvalue weighted by Crippen LogP contribution is -2.30. The molecule has 3 rings (SSSR count). The third-order valence-electron chi connectivity index (χ3n) is 2.63. The first-order chi connectivity index (χ1) is 9.06. The van der Waals surface area contributed by atoms with E-state index in [0.29, 0.717) is 22.1 Å². The fourth-order valence-electron chi connectivity index (χ4n) is 1.74. The van der Waals surface area contributed by atoms with Crippen molar-refractivity contribution < 1.29 is 19.2 Å². The second kappa shape index (κ2) is 4.10. The van der Waals surface area contributed by atoms with Crippen molar-refractivity contribution in [3.8, 4) is 17.3 Å². The molecule has 1 aliphatic heterocycles. The van der Waals surface area contributed by atoms with Crippen molar-refractivity contribution >= 4 is 23.5 Å². The van der Waals surface area contributed by atoms with Gasteiger partial charge in [0.2, 0.25) is 5.88 Å². The number of nitrogens with zero attached hydrogens (tertiary/aromatic N) is 2. The van der Waals surface area contributed by atoms with Gasteiger partial charge in [-0.3, -0.25) is 0 Å². The van der Waals surface area contributed by atoms with Crippen LogP contribution in [0, 0.1) is 6.92 Å². The molecule has 6 nitrogen and oxygen atoms in total. The first-order valence-electron chi connectivity index (χ1n) is 5.36. The van der Waals surface area contributed by atoms with Crippen LogP contribution in [0.1, 0.15) is 5.69 Å². The molecule has 2 heterocycles. The lowest BCUT2D eigenvalue weighted by molar-refractivity contribution is -0.161. The molecule has 0 fully saturated rings. The molecule has 7 heteroatoms. The summed E-state index contributed by atoms with van der Waals surface area (Å²) in [6.07, 6.45) is 0. The number of hydrogen-bond acceptors (Lipinski definition) is 5. The first kappa shape index (κ1) is 11.7. The number of hydrogen-bond donors (Lipinski definition) is 0. The molecule has 1 aromatic heterocycles. The van der Waals surface area contributed by atoms with Crippen LogP contribution < -0.4 is 9.57 Å². The molecule has 0 unspecified atom stereocenters. The lowest BCUT2D eigenvalue weighted by atomic mass is 10.2. The highest BCUT2D eigenvalue weighted by atomic mass is 35.5. The Morgan fingerprint density at radius 1 is 1.26 bits per heavy atom. The Morgan fingerprint density at radius 2 is 2.05 bits per heavy atom. The van der Waals surface area contributed by atoms with Crippen LogP contribution in [0.3, 0.4) is 0 Å². The van der Waals surface area contributed by atoms with Crippen molar-refractivity contribution in [3.05, 3.63) is 35.0 Å². The maximum Gasteiger partial charge on any atom is 0.442 e. The Bertz CT molecular complexity index is 708. The molecule has 0 saturated carbocycles. The van der Waals surface area contributed by atoms with Gasteiger partial charge in [0.1, 0.15) is 5.69 Å². The minimum atomic E-state index is -1.09. The number of halogens is 1. The van der Waals surface area contributed by atoms with Crippen LogP contribution >= 0.6 is 11.6 Å². The van der Waals surface area contributed by atoms with Gasteiger partial charge in [0.25, 0.3) is 0 Å². The van der Waals surface area contributed by atoms with Gasteiger partial charge in [-0.15, -0.1) is 0 Å². The average Bonchev–Trinajstić information content (AvgIpc) is 2.61. The Balaban J connectivity index is 2.18. The van der Waals surface area contributed by atoms with Crippen molar-refractivity contribution in [1.29, 1.82) is 0 Å². The first-order valence-corrected chi connectivity index (χ1v) is 5.74. The van der Waals surface area contributed by atoms with E-state index in [2.05, 4.69) is 4.98 Å². The number of imidazole rings is 1. The van der Waals surface area contributed by atoms with E-state index in [-0.39, 0.29) is 5.88 Å². The van der Waals surface area contributed by atoms with Crippen LogP contribution in [0.25, 0.3) is 11.4 Å². The summed E-state index contributed by atoms with van der Waals surface area (Å²) < 4.78 is 5.97. The topological polar surface area (TPSA) is 70.4 Å². The highest BCUT2D eigenvalue weighted by Gasteiger charge is 2.31. The van der Waals surface area contributed by atoms with Gasteiger partial charge in [0.15, 0.2) is 5.82 Å². The quantitative estimate of drug-likeness (QED) is 0.582. The number of esters is 1. The summed E-state index contributed by atoms with van der Waals surface area (Å²) in [4.78, 5) is 31.6. The second-order valence-electron chi connectivity index (χ2n) is 3.90. The second-order valence-corrected chi connectivity index (χ2v) is 4.34. The van der Waals surface area contributed by atoms with E-state index in [4.69, 9.17) is 21.2 Å². The van der Waals surface area contributed by atoms with Crippen LogP contribution in [0.15, 0.2) is 24.3 Å². The van der Waals surface area contributed by atoms with Crippen LogP contribution in [-0.2, 0) is 9.59 Å². The molecule has 1 aliphatic rings. The molecule has 0 aliphatic carbocycles. The van der Waals surface area contributed by atoms with Gasteiger partial charge in [-0.1, -0.05) is 23.7 Å². The van der Waals surface area contributed by atoms with Gasteiger partial charge in [0, 0.05) is 10.6 Å². The van der Waals surface area contributed by atoms with E-state index >= 15 is 0 Å². The van der Waals surface area contributed by atoms with Crippen LogP contribution in [-0.4, -0.2) is 21.7 Å². The maximum absolute atomic E-state index is 11.3. The minimum absolute atomic E-state index is 0.0471. The zero-order valence-electron chi connectivity index (χ0n) is 9.71. The molecule has 0 radical (unpaired) electrons. The lowest BCUT2D eigenvalue weighted by Gasteiger charge is -2.07. The van der Waals surface area contributed by atoms with Gasteiger partial charge in [-0.25, -0.2) is 9.59 Å². The Kier molecular flexibility index (Phi) is 2.53. The van der Waals surface area contributed by atoms with E-state index in [1.54, 1.807) is 31.2 Å². The average molecular weight is 279 g/mol. The number of ether oxygens (including phenoxy) is 1. The molecular formula is C12H7ClN2O4. The molecule has 0 atom stereocenters. The molecule has 2 bridgehead atoms. The third-order valence-corrected chi connectivity index (χ3v) is 2.86. The smallest absolute Gasteiger partial charge is 0.397 e. The normalized spacial score (nSPS) is 13.8. The standard InChI is InChI=1S/C12H7ClN2O4/c1-6-10-14-9(7-3-2-4-8(13)5-7)15(6)19-12(17)11(16)18-10/h2-5H,1H3. The zero-order valence-corrected chi connectivity index (χ0v) is 10.5. The summed E-state index contributed by atoms with van der Waals surface area (Å²) in [5.74, 6) is -1.80. The molecule has 96 valence electrons. The summed E-state index contributed by atoms with van der Waals surface area (Å²) in [6, 6.07) is 6.88. The monoisotopic (exact) mass is 278 g/mol.